The lowest BCUT2D eigenvalue weighted by atomic mass is 9.90. The Kier molecular flexibility index (Phi) is 6.77. The molecule has 1 saturated heterocycles. The highest BCUT2D eigenvalue weighted by Gasteiger charge is 2.33. The highest BCUT2D eigenvalue weighted by Crippen LogP contribution is 2.41. The Bertz CT molecular complexity index is 1080. The standard InChI is InChI=1S/C26H32N4O4/c1-17-14-24(27-21-6-4-20(5-7-21)15-26(33)34)23-16-22(8-9-25(23)30(17)19(3)32)29-12-10-28(11-13-29)18(2)31/h4-9,16-17,24,27H,10-15H2,1-3H3,(H,33,34). The van der Waals surface area contributed by atoms with E-state index < -0.39 is 5.97 Å². The summed E-state index contributed by atoms with van der Waals surface area (Å²) in [6.45, 7) is 8.22. The second-order valence-electron chi connectivity index (χ2n) is 9.17. The van der Waals surface area contributed by atoms with Gasteiger partial charge in [-0.3, -0.25) is 14.4 Å². The number of rotatable bonds is 5. The summed E-state index contributed by atoms with van der Waals surface area (Å²) in [6, 6.07) is 13.8. The van der Waals surface area contributed by atoms with Gasteiger partial charge in [0.1, 0.15) is 0 Å². The van der Waals surface area contributed by atoms with Crippen LogP contribution in [0, 0.1) is 0 Å². The van der Waals surface area contributed by atoms with E-state index in [0.717, 1.165) is 47.7 Å². The Morgan fingerprint density at radius 2 is 1.65 bits per heavy atom. The third kappa shape index (κ3) is 5.00. The van der Waals surface area contributed by atoms with Gasteiger partial charge in [0.25, 0.3) is 0 Å². The molecule has 2 atom stereocenters. The maximum Gasteiger partial charge on any atom is 0.307 e. The number of fused-ring (bicyclic) bond motifs is 1. The molecule has 2 aromatic carbocycles. The summed E-state index contributed by atoms with van der Waals surface area (Å²) in [6.07, 6.45) is 0.752. The van der Waals surface area contributed by atoms with Gasteiger partial charge in [-0.2, -0.15) is 0 Å². The van der Waals surface area contributed by atoms with Gasteiger partial charge in [0, 0.05) is 68.7 Å². The number of carbonyl (C=O) groups is 3. The van der Waals surface area contributed by atoms with Gasteiger partial charge >= 0.3 is 5.97 Å². The lowest BCUT2D eigenvalue weighted by Gasteiger charge is -2.41. The normalized spacial score (nSPS) is 20.0. The van der Waals surface area contributed by atoms with Gasteiger partial charge in [-0.1, -0.05) is 12.1 Å². The predicted molar refractivity (Wildman–Crippen MR) is 132 cm³/mol. The fourth-order valence-corrected chi connectivity index (χ4v) is 5.04. The molecule has 34 heavy (non-hydrogen) atoms. The number of carboxylic acids is 1. The molecular weight excluding hydrogens is 432 g/mol. The Labute approximate surface area is 200 Å². The third-order valence-electron chi connectivity index (χ3n) is 6.74. The molecule has 2 N–H and O–H groups in total. The number of anilines is 3. The minimum atomic E-state index is -0.850. The first-order valence-electron chi connectivity index (χ1n) is 11.7. The monoisotopic (exact) mass is 464 g/mol. The summed E-state index contributed by atoms with van der Waals surface area (Å²) >= 11 is 0. The summed E-state index contributed by atoms with van der Waals surface area (Å²) in [4.78, 5) is 41.1. The van der Waals surface area contributed by atoms with E-state index in [1.54, 1.807) is 13.8 Å². The van der Waals surface area contributed by atoms with Crippen LogP contribution in [0.5, 0.6) is 0 Å². The van der Waals surface area contributed by atoms with Crippen molar-refractivity contribution in [2.75, 3.05) is 41.3 Å². The summed E-state index contributed by atoms with van der Waals surface area (Å²) in [5.74, 6) is -0.723. The van der Waals surface area contributed by atoms with Crippen LogP contribution in [0.1, 0.15) is 44.4 Å². The van der Waals surface area contributed by atoms with Crippen molar-refractivity contribution < 1.29 is 19.5 Å². The van der Waals surface area contributed by atoms with Crippen molar-refractivity contribution in [3.63, 3.8) is 0 Å². The minimum Gasteiger partial charge on any atom is -0.481 e. The number of nitrogens with zero attached hydrogens (tertiary/aromatic N) is 3. The summed E-state index contributed by atoms with van der Waals surface area (Å²) in [5.41, 5.74) is 4.73. The van der Waals surface area contributed by atoms with Crippen LogP contribution in [0.3, 0.4) is 0 Å². The van der Waals surface area contributed by atoms with E-state index in [-0.39, 0.29) is 30.3 Å². The van der Waals surface area contributed by atoms with Crippen molar-refractivity contribution >= 4 is 34.8 Å². The first-order valence-corrected chi connectivity index (χ1v) is 11.7. The average molecular weight is 465 g/mol. The van der Waals surface area contributed by atoms with E-state index in [4.69, 9.17) is 5.11 Å². The van der Waals surface area contributed by atoms with Crippen molar-refractivity contribution in [1.29, 1.82) is 0 Å². The van der Waals surface area contributed by atoms with Crippen molar-refractivity contribution in [2.45, 2.75) is 45.7 Å². The van der Waals surface area contributed by atoms with Crippen LogP contribution in [0.15, 0.2) is 42.5 Å². The van der Waals surface area contributed by atoms with Crippen LogP contribution < -0.4 is 15.1 Å². The molecule has 1 fully saturated rings. The van der Waals surface area contributed by atoms with Gasteiger partial charge in [-0.15, -0.1) is 0 Å². The third-order valence-corrected chi connectivity index (χ3v) is 6.74. The molecule has 0 aliphatic carbocycles. The molecule has 4 rings (SSSR count). The molecular formula is C26H32N4O4. The topological polar surface area (TPSA) is 93.2 Å². The average Bonchev–Trinajstić information content (AvgIpc) is 2.79. The second-order valence-corrected chi connectivity index (χ2v) is 9.17. The number of nitrogens with one attached hydrogen (secondary N) is 1. The van der Waals surface area contributed by atoms with Crippen LogP contribution in [-0.2, 0) is 20.8 Å². The first kappa shape index (κ1) is 23.6. The Hall–Kier alpha value is -3.55. The maximum absolute atomic E-state index is 12.5. The fourth-order valence-electron chi connectivity index (χ4n) is 5.04. The van der Waals surface area contributed by atoms with Gasteiger partial charge < -0.3 is 25.1 Å². The predicted octanol–water partition coefficient (Wildman–Crippen LogP) is 3.28. The molecule has 0 spiro atoms. The van der Waals surface area contributed by atoms with Gasteiger partial charge in [-0.25, -0.2) is 0 Å². The van der Waals surface area contributed by atoms with E-state index in [0.29, 0.717) is 13.1 Å². The number of carbonyl (C=O) groups excluding carboxylic acids is 2. The molecule has 8 heteroatoms. The molecule has 180 valence electrons. The Morgan fingerprint density at radius 1 is 0.971 bits per heavy atom. The molecule has 0 saturated carbocycles. The smallest absolute Gasteiger partial charge is 0.307 e. The van der Waals surface area contributed by atoms with E-state index in [1.165, 1.54) is 0 Å². The van der Waals surface area contributed by atoms with Crippen molar-refractivity contribution in [1.82, 2.24) is 4.90 Å². The number of hydrogen-bond acceptors (Lipinski definition) is 5. The van der Waals surface area contributed by atoms with Gasteiger partial charge in [0.2, 0.25) is 11.8 Å². The molecule has 2 aliphatic heterocycles. The Balaban J connectivity index is 1.61. The highest BCUT2D eigenvalue weighted by atomic mass is 16.4. The summed E-state index contributed by atoms with van der Waals surface area (Å²) in [5, 5.41) is 12.6. The first-order chi connectivity index (χ1) is 16.2. The molecule has 0 radical (unpaired) electrons. The van der Waals surface area contributed by atoms with E-state index in [1.807, 2.05) is 40.1 Å². The van der Waals surface area contributed by atoms with Gasteiger partial charge in [0.15, 0.2) is 0 Å². The molecule has 2 unspecified atom stereocenters. The maximum atomic E-state index is 12.5. The zero-order valence-electron chi connectivity index (χ0n) is 20.0. The molecule has 0 aromatic heterocycles. The summed E-state index contributed by atoms with van der Waals surface area (Å²) < 4.78 is 0. The number of carboxylic acid groups (broad SMARTS) is 1. The molecule has 2 aromatic rings. The lowest BCUT2D eigenvalue weighted by molar-refractivity contribution is -0.136. The molecule has 2 amide bonds. The number of piperazine rings is 1. The van der Waals surface area contributed by atoms with E-state index >= 15 is 0 Å². The van der Waals surface area contributed by atoms with E-state index in [2.05, 4.69) is 29.3 Å². The fraction of sp³-hybridized carbons (Fsp3) is 0.423. The van der Waals surface area contributed by atoms with Crippen LogP contribution in [0.25, 0.3) is 0 Å². The zero-order chi connectivity index (χ0) is 24.4. The number of benzene rings is 2. The number of aliphatic carboxylic acids is 1. The van der Waals surface area contributed by atoms with Crippen LogP contribution >= 0.6 is 0 Å². The largest absolute Gasteiger partial charge is 0.481 e. The molecule has 8 nitrogen and oxygen atoms in total. The van der Waals surface area contributed by atoms with Crippen molar-refractivity contribution in [3.8, 4) is 0 Å². The second kappa shape index (κ2) is 9.75. The zero-order valence-corrected chi connectivity index (χ0v) is 20.0. The van der Waals surface area contributed by atoms with E-state index in [9.17, 15) is 14.4 Å². The SMILES string of the molecule is CC(=O)N1CCN(c2ccc3c(c2)C(Nc2ccc(CC(=O)O)cc2)CC(C)N3C(C)=O)CC1. The van der Waals surface area contributed by atoms with Crippen LogP contribution in [0.4, 0.5) is 17.1 Å². The minimum absolute atomic E-state index is 0.00258. The van der Waals surface area contributed by atoms with Crippen LogP contribution in [0.2, 0.25) is 0 Å². The van der Waals surface area contributed by atoms with Crippen molar-refractivity contribution in [2.24, 2.45) is 0 Å². The highest BCUT2D eigenvalue weighted by molar-refractivity contribution is 5.94. The van der Waals surface area contributed by atoms with Crippen LogP contribution in [-0.4, -0.2) is 60.0 Å². The van der Waals surface area contributed by atoms with Gasteiger partial charge in [-0.05, 0) is 49.2 Å². The molecule has 2 aliphatic rings. The van der Waals surface area contributed by atoms with Crippen molar-refractivity contribution in [3.05, 3.63) is 53.6 Å². The molecule has 0 bridgehead atoms. The lowest BCUT2D eigenvalue weighted by Crippen LogP contribution is -2.48. The number of amides is 2. The number of hydrogen-bond donors (Lipinski definition) is 2. The summed E-state index contributed by atoms with van der Waals surface area (Å²) in [7, 11) is 0. The van der Waals surface area contributed by atoms with Gasteiger partial charge in [0.05, 0.1) is 12.5 Å². The Morgan fingerprint density at radius 3 is 2.24 bits per heavy atom. The quantitative estimate of drug-likeness (QED) is 0.706. The molecule has 2 heterocycles.